The number of amides is 1. The Kier molecular flexibility index (Phi) is 7.09. The predicted molar refractivity (Wildman–Crippen MR) is 121 cm³/mol. The molecule has 4 nitrogen and oxygen atoms in total. The first-order valence-electron chi connectivity index (χ1n) is 10.7. The van der Waals surface area contributed by atoms with Gasteiger partial charge in [0.2, 0.25) is 0 Å². The Morgan fingerprint density at radius 2 is 1.79 bits per heavy atom. The molecule has 1 fully saturated rings. The number of piperidine rings is 1. The van der Waals surface area contributed by atoms with Crippen LogP contribution in [0.4, 0.5) is 23.2 Å². The lowest BCUT2D eigenvalue weighted by atomic mass is 9.97. The number of para-hydroxylation sites is 1. The van der Waals surface area contributed by atoms with Gasteiger partial charge in [0.25, 0.3) is 5.91 Å². The van der Waals surface area contributed by atoms with Gasteiger partial charge in [0.1, 0.15) is 11.5 Å². The lowest BCUT2D eigenvalue weighted by Gasteiger charge is -2.31. The zero-order valence-electron chi connectivity index (χ0n) is 17.7. The van der Waals surface area contributed by atoms with E-state index < -0.39 is 12.6 Å². The normalized spacial score (nSPS) is 15.5. The summed E-state index contributed by atoms with van der Waals surface area (Å²) in [6.45, 7) is 1.20. The number of thiazole rings is 1. The number of rotatable bonds is 6. The number of carbonyl (C=O) groups is 1. The van der Waals surface area contributed by atoms with E-state index in [0.29, 0.717) is 24.5 Å². The van der Waals surface area contributed by atoms with E-state index in [9.17, 15) is 22.4 Å². The van der Waals surface area contributed by atoms with E-state index in [1.165, 1.54) is 23.5 Å². The average molecular weight is 478 g/mol. The second-order valence-electron chi connectivity index (χ2n) is 8.06. The van der Waals surface area contributed by atoms with Gasteiger partial charge in [-0.15, -0.1) is 11.3 Å². The number of hydrogen-bond donors (Lipinski definition) is 1. The van der Waals surface area contributed by atoms with Crippen LogP contribution in [0.1, 0.15) is 40.7 Å². The van der Waals surface area contributed by atoms with Crippen LogP contribution in [0.15, 0.2) is 53.9 Å². The van der Waals surface area contributed by atoms with Crippen LogP contribution in [0.2, 0.25) is 0 Å². The van der Waals surface area contributed by atoms with Gasteiger partial charge in [-0.25, -0.2) is 9.37 Å². The van der Waals surface area contributed by atoms with Crippen LogP contribution < -0.4 is 5.32 Å². The van der Waals surface area contributed by atoms with Crippen molar-refractivity contribution < 1.29 is 22.4 Å². The molecule has 1 aromatic heterocycles. The number of benzene rings is 2. The molecule has 0 unspecified atom stereocenters. The molecule has 174 valence electrons. The summed E-state index contributed by atoms with van der Waals surface area (Å²) in [7, 11) is 0. The number of carbonyl (C=O) groups excluding carboxylic acids is 1. The lowest BCUT2D eigenvalue weighted by molar-refractivity contribution is -0.138. The van der Waals surface area contributed by atoms with E-state index in [0.717, 1.165) is 29.0 Å². The first-order valence-corrected chi connectivity index (χ1v) is 11.6. The summed E-state index contributed by atoms with van der Waals surface area (Å²) in [5.41, 5.74) is 2.46. The molecule has 1 amide bonds. The fourth-order valence-corrected chi connectivity index (χ4v) is 4.90. The molecule has 2 aromatic carbocycles. The summed E-state index contributed by atoms with van der Waals surface area (Å²) >= 11 is 1.40. The highest BCUT2D eigenvalue weighted by molar-refractivity contribution is 7.10. The van der Waals surface area contributed by atoms with Crippen LogP contribution >= 0.6 is 11.3 Å². The number of anilines is 1. The van der Waals surface area contributed by atoms with E-state index in [-0.39, 0.29) is 24.2 Å². The summed E-state index contributed by atoms with van der Waals surface area (Å²) in [6.07, 6.45) is -3.48. The van der Waals surface area contributed by atoms with E-state index in [4.69, 9.17) is 0 Å². The molecule has 2 heterocycles. The van der Waals surface area contributed by atoms with E-state index >= 15 is 0 Å². The minimum absolute atomic E-state index is 0.0230. The molecule has 0 aliphatic carbocycles. The van der Waals surface area contributed by atoms with E-state index in [1.54, 1.807) is 23.6 Å². The maximum Gasteiger partial charge on any atom is 0.390 e. The molecule has 1 saturated heterocycles. The Morgan fingerprint density at radius 3 is 2.48 bits per heavy atom. The standard InChI is InChI=1S/C24H23F4N3OS/c25-18-7-5-16(6-8-18)19-3-1-2-4-20(19)29-22(32)21-15-33-23(30-21)17-9-12-31(13-10-17)14-11-24(26,27)28/h1-8,15,17H,9-14H2,(H,29,32). The molecule has 33 heavy (non-hydrogen) atoms. The lowest BCUT2D eigenvalue weighted by Crippen LogP contribution is -2.35. The third kappa shape index (κ3) is 6.17. The Balaban J connectivity index is 1.38. The SMILES string of the molecule is O=C(Nc1ccccc1-c1ccc(F)cc1)c1csc(C2CCN(CCC(F)(F)F)CC2)n1. The molecule has 1 aliphatic rings. The first-order chi connectivity index (χ1) is 15.8. The fourth-order valence-electron chi connectivity index (χ4n) is 3.93. The highest BCUT2D eigenvalue weighted by atomic mass is 32.1. The molecule has 0 bridgehead atoms. The fraction of sp³-hybridized carbons (Fsp3) is 0.333. The second kappa shape index (κ2) is 10.0. The number of alkyl halides is 3. The molecular formula is C24H23F4N3OS. The van der Waals surface area contributed by atoms with Gasteiger partial charge in [-0.1, -0.05) is 30.3 Å². The predicted octanol–water partition coefficient (Wildman–Crippen LogP) is 6.33. The minimum atomic E-state index is -4.14. The number of hydrogen-bond acceptors (Lipinski definition) is 4. The van der Waals surface area contributed by atoms with Crippen molar-refractivity contribution >= 4 is 22.9 Å². The summed E-state index contributed by atoms with van der Waals surface area (Å²) in [5.74, 6) is -0.527. The van der Waals surface area contributed by atoms with E-state index in [1.807, 2.05) is 23.1 Å². The van der Waals surface area contributed by atoms with Gasteiger partial charge in [-0.2, -0.15) is 13.2 Å². The largest absolute Gasteiger partial charge is 0.390 e. The van der Waals surface area contributed by atoms with Crippen molar-refractivity contribution in [3.05, 3.63) is 70.4 Å². The van der Waals surface area contributed by atoms with Gasteiger partial charge in [-0.05, 0) is 49.7 Å². The maximum absolute atomic E-state index is 13.3. The van der Waals surface area contributed by atoms with Gasteiger partial charge in [0, 0.05) is 29.1 Å². The monoisotopic (exact) mass is 477 g/mol. The molecular weight excluding hydrogens is 454 g/mol. The second-order valence-corrected chi connectivity index (χ2v) is 8.95. The highest BCUT2D eigenvalue weighted by Crippen LogP contribution is 2.32. The summed E-state index contributed by atoms with van der Waals surface area (Å²) in [6, 6.07) is 13.3. The Morgan fingerprint density at radius 1 is 1.09 bits per heavy atom. The van der Waals surface area contributed by atoms with Crippen molar-refractivity contribution in [2.45, 2.75) is 31.4 Å². The third-order valence-corrected chi connectivity index (χ3v) is 6.74. The summed E-state index contributed by atoms with van der Waals surface area (Å²) < 4.78 is 50.6. The average Bonchev–Trinajstić information content (AvgIpc) is 3.29. The van der Waals surface area contributed by atoms with Crippen LogP contribution in [0.5, 0.6) is 0 Å². The van der Waals surface area contributed by atoms with Gasteiger partial charge < -0.3 is 10.2 Å². The van der Waals surface area contributed by atoms with Crippen LogP contribution in [0, 0.1) is 5.82 Å². The highest BCUT2D eigenvalue weighted by Gasteiger charge is 2.30. The zero-order chi connectivity index (χ0) is 23.4. The maximum atomic E-state index is 13.3. The smallest absolute Gasteiger partial charge is 0.320 e. The number of aromatic nitrogens is 1. The molecule has 1 aliphatic heterocycles. The van der Waals surface area contributed by atoms with E-state index in [2.05, 4.69) is 10.3 Å². The first kappa shape index (κ1) is 23.4. The van der Waals surface area contributed by atoms with Crippen molar-refractivity contribution in [1.82, 2.24) is 9.88 Å². The van der Waals surface area contributed by atoms with Gasteiger partial charge in [0.15, 0.2) is 0 Å². The molecule has 4 rings (SSSR count). The molecule has 0 saturated carbocycles. The third-order valence-electron chi connectivity index (χ3n) is 5.73. The van der Waals surface area contributed by atoms with Crippen molar-refractivity contribution in [3.63, 3.8) is 0 Å². The number of nitrogens with zero attached hydrogens (tertiary/aromatic N) is 2. The van der Waals surface area contributed by atoms with Gasteiger partial charge in [-0.3, -0.25) is 4.79 Å². The Hall–Kier alpha value is -2.78. The van der Waals surface area contributed by atoms with Crippen LogP contribution in [-0.4, -0.2) is 41.6 Å². The Labute approximate surface area is 193 Å². The van der Waals surface area contributed by atoms with Crippen LogP contribution in [0.3, 0.4) is 0 Å². The van der Waals surface area contributed by atoms with Crippen molar-refractivity contribution in [2.75, 3.05) is 25.0 Å². The van der Waals surface area contributed by atoms with Crippen molar-refractivity contribution in [3.8, 4) is 11.1 Å². The minimum Gasteiger partial charge on any atom is -0.320 e. The summed E-state index contributed by atoms with van der Waals surface area (Å²) in [5, 5.41) is 5.44. The molecule has 0 spiro atoms. The molecule has 0 atom stereocenters. The number of likely N-dealkylation sites (tertiary alicyclic amines) is 1. The van der Waals surface area contributed by atoms with Crippen LogP contribution in [0.25, 0.3) is 11.1 Å². The number of halogens is 4. The van der Waals surface area contributed by atoms with Crippen molar-refractivity contribution in [2.24, 2.45) is 0 Å². The topological polar surface area (TPSA) is 45.2 Å². The number of nitrogens with one attached hydrogen (secondary N) is 1. The molecule has 0 radical (unpaired) electrons. The van der Waals surface area contributed by atoms with Gasteiger partial charge in [0.05, 0.1) is 11.4 Å². The molecule has 1 N–H and O–H groups in total. The van der Waals surface area contributed by atoms with Crippen molar-refractivity contribution in [1.29, 1.82) is 0 Å². The Bertz CT molecular complexity index is 1090. The summed E-state index contributed by atoms with van der Waals surface area (Å²) in [4.78, 5) is 19.2. The quantitative estimate of drug-likeness (QED) is 0.422. The molecule has 9 heteroatoms. The molecule has 3 aromatic rings. The van der Waals surface area contributed by atoms with Gasteiger partial charge >= 0.3 is 6.18 Å². The zero-order valence-corrected chi connectivity index (χ0v) is 18.6. The van der Waals surface area contributed by atoms with Crippen LogP contribution in [-0.2, 0) is 0 Å².